The molecule has 5 heteroatoms. The van der Waals surface area contributed by atoms with Crippen molar-refractivity contribution in [2.75, 3.05) is 7.11 Å². The summed E-state index contributed by atoms with van der Waals surface area (Å²) >= 11 is 0. The van der Waals surface area contributed by atoms with Crippen molar-refractivity contribution in [3.05, 3.63) is 0 Å². The second-order valence-corrected chi connectivity index (χ2v) is 11.6. The fraction of sp³-hybridized carbons (Fsp3) is 0.960. The van der Waals surface area contributed by atoms with E-state index < -0.39 is 0 Å². The first-order chi connectivity index (χ1) is 14.1. The Balaban J connectivity index is 1.58. The van der Waals surface area contributed by atoms with E-state index in [0.29, 0.717) is 36.0 Å². The molecule has 3 N–H and O–H groups in total. The Bertz CT molecular complexity index is 651. The number of rotatable bonds is 4. The molecule has 0 amide bonds. The molecule has 0 radical (unpaired) electrons. The molecule has 5 nitrogen and oxygen atoms in total. The average Bonchev–Trinajstić information content (AvgIpc) is 3.06. The third-order valence-corrected chi connectivity index (χ3v) is 10.6. The first kappa shape index (κ1) is 22.5. The number of esters is 1. The van der Waals surface area contributed by atoms with Gasteiger partial charge in [0.1, 0.15) is 0 Å². The predicted octanol–water partition coefficient (Wildman–Crippen LogP) is 3.54. The maximum atomic E-state index is 11.7. The molecule has 0 bridgehead atoms. The lowest BCUT2D eigenvalue weighted by Gasteiger charge is -2.63. The molecule has 4 saturated carbocycles. The van der Waals surface area contributed by atoms with Gasteiger partial charge in [0, 0.05) is 6.42 Å². The van der Waals surface area contributed by atoms with Crippen molar-refractivity contribution in [2.45, 2.75) is 96.9 Å². The summed E-state index contributed by atoms with van der Waals surface area (Å²) in [5.41, 5.74) is -0.0882. The van der Waals surface area contributed by atoms with Gasteiger partial charge in [0.05, 0.1) is 25.4 Å². The fourth-order valence-corrected chi connectivity index (χ4v) is 8.78. The van der Waals surface area contributed by atoms with Gasteiger partial charge >= 0.3 is 5.97 Å². The molecule has 0 heterocycles. The maximum Gasteiger partial charge on any atom is 0.305 e. The van der Waals surface area contributed by atoms with Crippen LogP contribution in [-0.2, 0) is 9.53 Å². The van der Waals surface area contributed by atoms with Crippen LogP contribution < -0.4 is 0 Å². The van der Waals surface area contributed by atoms with E-state index in [0.717, 1.165) is 51.4 Å². The van der Waals surface area contributed by atoms with Gasteiger partial charge in [0.15, 0.2) is 0 Å². The molecule has 4 aliphatic rings. The van der Waals surface area contributed by atoms with Crippen molar-refractivity contribution >= 4 is 5.97 Å². The Labute approximate surface area is 181 Å². The van der Waals surface area contributed by atoms with Crippen molar-refractivity contribution in [3.8, 4) is 0 Å². The zero-order valence-corrected chi connectivity index (χ0v) is 19.2. The van der Waals surface area contributed by atoms with E-state index in [1.807, 2.05) is 0 Å². The van der Waals surface area contributed by atoms with Gasteiger partial charge in [0.2, 0.25) is 0 Å². The minimum absolute atomic E-state index is 0.111. The normalized spacial score (nSPS) is 51.4. The molecule has 0 spiro atoms. The third kappa shape index (κ3) is 3.34. The van der Waals surface area contributed by atoms with Crippen LogP contribution in [0.2, 0.25) is 0 Å². The van der Waals surface area contributed by atoms with Crippen LogP contribution in [0, 0.1) is 46.3 Å². The van der Waals surface area contributed by atoms with Crippen LogP contribution >= 0.6 is 0 Å². The molecule has 0 saturated heterocycles. The van der Waals surface area contributed by atoms with Crippen molar-refractivity contribution in [3.63, 3.8) is 0 Å². The highest BCUT2D eigenvalue weighted by Crippen LogP contribution is 2.68. The molecule has 0 aromatic carbocycles. The highest BCUT2D eigenvalue weighted by Gasteiger charge is 2.65. The summed E-state index contributed by atoms with van der Waals surface area (Å²) in [4.78, 5) is 11.7. The molecule has 30 heavy (non-hydrogen) atoms. The van der Waals surface area contributed by atoms with Crippen LogP contribution in [0.15, 0.2) is 0 Å². The molecular formula is C25H42O5. The van der Waals surface area contributed by atoms with Gasteiger partial charge in [0.25, 0.3) is 0 Å². The van der Waals surface area contributed by atoms with Crippen LogP contribution in [0.3, 0.4) is 0 Å². The van der Waals surface area contributed by atoms with Crippen LogP contribution in [0.5, 0.6) is 0 Å². The minimum Gasteiger partial charge on any atom is -0.469 e. The Morgan fingerprint density at radius 2 is 1.80 bits per heavy atom. The zero-order valence-electron chi connectivity index (χ0n) is 19.2. The van der Waals surface area contributed by atoms with Crippen molar-refractivity contribution in [1.29, 1.82) is 0 Å². The molecule has 0 aromatic rings. The maximum absolute atomic E-state index is 11.7. The first-order valence-corrected chi connectivity index (χ1v) is 12.2. The Morgan fingerprint density at radius 3 is 2.50 bits per heavy atom. The third-order valence-electron chi connectivity index (χ3n) is 10.6. The number of methoxy groups -OCH3 is 1. The summed E-state index contributed by atoms with van der Waals surface area (Å²) in [5.74, 6) is 1.81. The van der Waals surface area contributed by atoms with E-state index in [2.05, 4.69) is 20.8 Å². The summed E-state index contributed by atoms with van der Waals surface area (Å²) in [5, 5.41) is 33.1. The number of aliphatic hydroxyl groups excluding tert-OH is 3. The van der Waals surface area contributed by atoms with E-state index in [-0.39, 0.29) is 41.0 Å². The molecule has 4 rings (SSSR count). The molecule has 0 aliphatic heterocycles. The highest BCUT2D eigenvalue weighted by atomic mass is 16.5. The van der Waals surface area contributed by atoms with E-state index in [4.69, 9.17) is 4.74 Å². The molecule has 172 valence electrons. The number of fused-ring (bicyclic) bond motifs is 5. The van der Waals surface area contributed by atoms with Gasteiger partial charge in [-0.1, -0.05) is 20.8 Å². The van der Waals surface area contributed by atoms with Crippen LogP contribution in [0.25, 0.3) is 0 Å². The number of hydrogen-bond donors (Lipinski definition) is 3. The van der Waals surface area contributed by atoms with Gasteiger partial charge in [-0.05, 0) is 97.7 Å². The monoisotopic (exact) mass is 422 g/mol. The molecule has 4 fully saturated rings. The van der Waals surface area contributed by atoms with E-state index >= 15 is 0 Å². The standard InChI is InChI=1S/C25H42O5/c1-14(5-8-22(29)30-4)17-6-7-18-23-19(13-21(28)25(17,18)3)24(2)10-9-16(26)11-15(24)12-20(23)27/h14-21,23,26-28H,5-13H2,1-4H3/t14-,15+,16?,17-,18+,19?,20-,21+,23?,24+,25-/m1/s1. The van der Waals surface area contributed by atoms with Crippen molar-refractivity contribution < 1.29 is 24.9 Å². The number of carbonyl (C=O) groups excluding carboxylic acids is 1. The SMILES string of the molecule is COC(=O)CC[C@@H](C)[C@H]1CC[C@H]2C3C(C[C@H](O)[C@]12C)[C@@]1(C)CCC(O)C[C@H]1C[C@H]3O. The largest absolute Gasteiger partial charge is 0.469 e. The highest BCUT2D eigenvalue weighted by molar-refractivity contribution is 5.69. The predicted molar refractivity (Wildman–Crippen MR) is 114 cm³/mol. The summed E-state index contributed by atoms with van der Waals surface area (Å²) < 4.78 is 4.83. The lowest BCUT2D eigenvalue weighted by atomic mass is 9.43. The lowest BCUT2D eigenvalue weighted by molar-refractivity contribution is -0.207. The Morgan fingerprint density at radius 1 is 1.07 bits per heavy atom. The average molecular weight is 423 g/mol. The summed E-state index contributed by atoms with van der Waals surface area (Å²) in [6, 6.07) is 0. The van der Waals surface area contributed by atoms with Gasteiger partial charge in [-0.2, -0.15) is 0 Å². The summed E-state index contributed by atoms with van der Waals surface area (Å²) in [6.07, 6.45) is 6.60. The Hall–Kier alpha value is -0.650. The number of carbonyl (C=O) groups is 1. The fourth-order valence-electron chi connectivity index (χ4n) is 8.78. The van der Waals surface area contributed by atoms with Crippen LogP contribution in [0.4, 0.5) is 0 Å². The quantitative estimate of drug-likeness (QED) is 0.603. The van der Waals surface area contributed by atoms with Gasteiger partial charge < -0.3 is 20.1 Å². The lowest BCUT2D eigenvalue weighted by Crippen LogP contribution is -2.62. The smallest absolute Gasteiger partial charge is 0.305 e. The topological polar surface area (TPSA) is 87.0 Å². The second-order valence-electron chi connectivity index (χ2n) is 11.6. The zero-order chi connectivity index (χ0) is 21.8. The van der Waals surface area contributed by atoms with Crippen LogP contribution in [0.1, 0.15) is 78.6 Å². The molecule has 0 aromatic heterocycles. The summed E-state index contributed by atoms with van der Waals surface area (Å²) in [6.45, 7) is 6.85. The second kappa shape index (κ2) is 8.04. The van der Waals surface area contributed by atoms with Gasteiger partial charge in [-0.25, -0.2) is 0 Å². The van der Waals surface area contributed by atoms with E-state index in [1.165, 1.54) is 7.11 Å². The van der Waals surface area contributed by atoms with Crippen LogP contribution in [-0.4, -0.2) is 46.7 Å². The molecule has 4 aliphatic carbocycles. The van der Waals surface area contributed by atoms with Gasteiger partial charge in [-0.3, -0.25) is 4.79 Å². The van der Waals surface area contributed by atoms with Crippen molar-refractivity contribution in [2.24, 2.45) is 46.3 Å². The molecule has 3 unspecified atom stereocenters. The number of aliphatic hydroxyl groups is 3. The molecule has 11 atom stereocenters. The molecular weight excluding hydrogens is 380 g/mol. The minimum atomic E-state index is -0.369. The van der Waals surface area contributed by atoms with E-state index in [9.17, 15) is 20.1 Å². The first-order valence-electron chi connectivity index (χ1n) is 12.2. The number of ether oxygens (including phenoxy) is 1. The van der Waals surface area contributed by atoms with Crippen molar-refractivity contribution in [1.82, 2.24) is 0 Å². The van der Waals surface area contributed by atoms with E-state index in [1.54, 1.807) is 0 Å². The number of hydrogen-bond acceptors (Lipinski definition) is 5. The summed E-state index contributed by atoms with van der Waals surface area (Å²) in [7, 11) is 1.44. The van der Waals surface area contributed by atoms with Gasteiger partial charge in [-0.15, -0.1) is 0 Å². The Kier molecular flexibility index (Phi) is 6.04.